The predicted molar refractivity (Wildman–Crippen MR) is 193 cm³/mol. The Kier molecular flexibility index (Phi) is 4.61. The smallest absolute Gasteiger partial charge is 0.136 e. The van der Waals surface area contributed by atoms with Crippen LogP contribution in [0.2, 0.25) is 0 Å². The summed E-state index contributed by atoms with van der Waals surface area (Å²) in [7, 11) is 0. The monoisotopic (exact) mass is 583 g/mol. The summed E-state index contributed by atoms with van der Waals surface area (Å²) in [6, 6.07) is 55.3. The van der Waals surface area contributed by atoms with Gasteiger partial charge in [0.1, 0.15) is 11.2 Å². The molecule has 0 amide bonds. The molecule has 11 rings (SSSR count). The van der Waals surface area contributed by atoms with Crippen LogP contribution in [0.5, 0.6) is 0 Å². The molecule has 0 saturated carbocycles. The lowest BCUT2D eigenvalue weighted by molar-refractivity contribution is 0.669. The molecule has 0 spiro atoms. The van der Waals surface area contributed by atoms with Gasteiger partial charge in [0.25, 0.3) is 0 Å². The number of benzene rings is 8. The Morgan fingerprint density at radius 1 is 0.370 bits per heavy atom. The maximum atomic E-state index is 6.29. The van der Waals surface area contributed by atoms with Crippen LogP contribution in [0, 0.1) is 0 Å². The topological polar surface area (TPSA) is 18.1 Å². The van der Waals surface area contributed by atoms with Crippen LogP contribution in [0.25, 0.3) is 104 Å². The summed E-state index contributed by atoms with van der Waals surface area (Å²) >= 11 is 0. The molecular formula is C44H25NO. The molecule has 2 aromatic heterocycles. The number of aromatic nitrogens is 1. The molecule has 46 heavy (non-hydrogen) atoms. The van der Waals surface area contributed by atoms with E-state index in [0.717, 1.165) is 22.2 Å². The van der Waals surface area contributed by atoms with Crippen molar-refractivity contribution < 1.29 is 4.42 Å². The summed E-state index contributed by atoms with van der Waals surface area (Å²) in [5.41, 5.74) is 13.3. The van der Waals surface area contributed by atoms with Crippen LogP contribution in [-0.2, 0) is 0 Å². The molecule has 0 radical (unpaired) electrons. The number of hydrogen-bond acceptors (Lipinski definition) is 1. The minimum Gasteiger partial charge on any atom is -0.456 e. The molecule has 2 heterocycles. The molecule has 0 unspecified atom stereocenters. The molecule has 2 heteroatoms. The molecule has 1 aliphatic rings. The first-order valence-corrected chi connectivity index (χ1v) is 15.8. The Morgan fingerprint density at radius 3 is 1.83 bits per heavy atom. The molecule has 0 bridgehead atoms. The first kappa shape index (κ1) is 24.2. The van der Waals surface area contributed by atoms with E-state index in [1.54, 1.807) is 0 Å². The van der Waals surface area contributed by atoms with Crippen LogP contribution >= 0.6 is 0 Å². The summed E-state index contributed by atoms with van der Waals surface area (Å²) in [5.74, 6) is 0. The fraction of sp³-hybridized carbons (Fsp3) is 0. The van der Waals surface area contributed by atoms with E-state index >= 15 is 0 Å². The number of nitrogens with zero attached hydrogens (tertiary/aromatic N) is 1. The normalized spacial score (nSPS) is 12.3. The van der Waals surface area contributed by atoms with E-state index in [4.69, 9.17) is 4.42 Å². The van der Waals surface area contributed by atoms with Crippen LogP contribution in [0.15, 0.2) is 156 Å². The van der Waals surface area contributed by atoms with Crippen LogP contribution in [0.3, 0.4) is 0 Å². The average molecular weight is 584 g/mol. The third-order valence-electron chi connectivity index (χ3n) is 10.1. The third kappa shape index (κ3) is 3.20. The first-order valence-electron chi connectivity index (χ1n) is 15.8. The summed E-state index contributed by atoms with van der Waals surface area (Å²) in [6.45, 7) is 0. The highest BCUT2D eigenvalue weighted by Crippen LogP contribution is 2.51. The van der Waals surface area contributed by atoms with E-state index in [0.29, 0.717) is 0 Å². The van der Waals surface area contributed by atoms with Crippen molar-refractivity contribution in [1.82, 2.24) is 4.57 Å². The standard InChI is InChI=1S/C44H25NO/c1-2-8-26(9-3-1)27-14-15-28-22-35-36-23-29-16-17-32(21-31(29)25-38(36)37(35)24-30(28)20-27)45-39-12-6-4-10-33(39)43-40(45)18-19-42-44(43)34-11-5-7-13-41(34)46-42/h1-25H. The second-order valence-corrected chi connectivity index (χ2v) is 12.5. The van der Waals surface area contributed by atoms with Crippen molar-refractivity contribution >= 4 is 65.3 Å². The molecule has 0 aliphatic heterocycles. The summed E-state index contributed by atoms with van der Waals surface area (Å²) in [4.78, 5) is 0. The van der Waals surface area contributed by atoms with Gasteiger partial charge in [-0.15, -0.1) is 0 Å². The Bertz CT molecular complexity index is 2900. The number of fused-ring (bicyclic) bond motifs is 13. The highest BCUT2D eigenvalue weighted by atomic mass is 16.3. The van der Waals surface area contributed by atoms with Crippen molar-refractivity contribution in [1.29, 1.82) is 0 Å². The van der Waals surface area contributed by atoms with E-state index in [2.05, 4.69) is 150 Å². The van der Waals surface area contributed by atoms with Crippen molar-refractivity contribution in [3.8, 4) is 39.1 Å². The molecule has 0 fully saturated rings. The van der Waals surface area contributed by atoms with Gasteiger partial charge in [-0.2, -0.15) is 0 Å². The fourth-order valence-corrected chi connectivity index (χ4v) is 7.91. The highest BCUT2D eigenvalue weighted by Gasteiger charge is 2.24. The Morgan fingerprint density at radius 2 is 1.02 bits per heavy atom. The molecule has 0 atom stereocenters. The largest absolute Gasteiger partial charge is 0.456 e. The SMILES string of the molecule is c1ccc(-c2ccc3cc4c(cc3c2)-c2cc3cc(-n5c6ccccc6c6c7c(ccc65)oc5ccccc57)ccc3cc2-4)cc1. The van der Waals surface area contributed by atoms with Crippen molar-refractivity contribution in [3.63, 3.8) is 0 Å². The third-order valence-corrected chi connectivity index (χ3v) is 10.1. The fourth-order valence-electron chi connectivity index (χ4n) is 7.91. The van der Waals surface area contributed by atoms with Gasteiger partial charge in [0.2, 0.25) is 0 Å². The molecule has 10 aromatic rings. The molecular weight excluding hydrogens is 558 g/mol. The Balaban J connectivity index is 1.10. The Hall–Kier alpha value is -6.12. The lowest BCUT2D eigenvalue weighted by Gasteiger charge is -2.26. The van der Waals surface area contributed by atoms with Crippen LogP contribution in [0.4, 0.5) is 0 Å². The second kappa shape index (κ2) is 8.74. The van der Waals surface area contributed by atoms with Crippen molar-refractivity contribution in [3.05, 3.63) is 152 Å². The summed E-state index contributed by atoms with van der Waals surface area (Å²) < 4.78 is 8.70. The van der Waals surface area contributed by atoms with E-state index in [-0.39, 0.29) is 0 Å². The predicted octanol–water partition coefficient (Wildman–Crippen LogP) is 12.3. The van der Waals surface area contributed by atoms with E-state index in [1.807, 2.05) is 6.07 Å². The van der Waals surface area contributed by atoms with Crippen molar-refractivity contribution in [2.75, 3.05) is 0 Å². The molecule has 1 aliphatic carbocycles. The average Bonchev–Trinajstić information content (AvgIpc) is 3.66. The van der Waals surface area contributed by atoms with Gasteiger partial charge in [0, 0.05) is 27.2 Å². The lowest BCUT2D eigenvalue weighted by atomic mass is 9.77. The summed E-state index contributed by atoms with van der Waals surface area (Å²) in [6.07, 6.45) is 0. The van der Waals surface area contributed by atoms with E-state index in [1.165, 1.54) is 82.1 Å². The van der Waals surface area contributed by atoms with Crippen LogP contribution in [0.1, 0.15) is 0 Å². The molecule has 212 valence electrons. The van der Waals surface area contributed by atoms with Gasteiger partial charge in [-0.05, 0) is 122 Å². The summed E-state index contributed by atoms with van der Waals surface area (Å²) in [5, 5.41) is 9.90. The Labute approximate surface area is 264 Å². The first-order chi connectivity index (χ1) is 22.8. The number of para-hydroxylation sites is 2. The molecule has 0 saturated heterocycles. The zero-order valence-corrected chi connectivity index (χ0v) is 24.8. The molecule has 8 aromatic carbocycles. The number of furan rings is 1. The van der Waals surface area contributed by atoms with Gasteiger partial charge >= 0.3 is 0 Å². The van der Waals surface area contributed by atoms with E-state index in [9.17, 15) is 0 Å². The van der Waals surface area contributed by atoms with Gasteiger partial charge in [-0.3, -0.25) is 0 Å². The maximum absolute atomic E-state index is 6.29. The van der Waals surface area contributed by atoms with Gasteiger partial charge in [-0.1, -0.05) is 84.9 Å². The minimum atomic E-state index is 0.926. The van der Waals surface area contributed by atoms with Gasteiger partial charge in [0.15, 0.2) is 0 Å². The second-order valence-electron chi connectivity index (χ2n) is 12.5. The van der Waals surface area contributed by atoms with Gasteiger partial charge < -0.3 is 8.98 Å². The lowest BCUT2D eigenvalue weighted by Crippen LogP contribution is -2.00. The van der Waals surface area contributed by atoms with Crippen molar-refractivity contribution in [2.45, 2.75) is 0 Å². The zero-order valence-electron chi connectivity index (χ0n) is 24.8. The molecule has 0 N–H and O–H groups in total. The van der Waals surface area contributed by atoms with Crippen LogP contribution < -0.4 is 0 Å². The van der Waals surface area contributed by atoms with Crippen molar-refractivity contribution in [2.24, 2.45) is 0 Å². The zero-order chi connectivity index (χ0) is 29.9. The van der Waals surface area contributed by atoms with Gasteiger partial charge in [0.05, 0.1) is 11.0 Å². The highest BCUT2D eigenvalue weighted by molar-refractivity contribution is 6.27. The number of hydrogen-bond donors (Lipinski definition) is 0. The van der Waals surface area contributed by atoms with Gasteiger partial charge in [-0.25, -0.2) is 0 Å². The molecule has 2 nitrogen and oxygen atoms in total. The van der Waals surface area contributed by atoms with Crippen LogP contribution in [-0.4, -0.2) is 4.57 Å². The minimum absolute atomic E-state index is 0.926. The maximum Gasteiger partial charge on any atom is 0.136 e. The quantitative estimate of drug-likeness (QED) is 0.198. The number of rotatable bonds is 2. The van der Waals surface area contributed by atoms with E-state index < -0.39 is 0 Å².